The van der Waals surface area contributed by atoms with E-state index in [0.29, 0.717) is 13.2 Å². The molecular formula is C16H24IN5O. The van der Waals surface area contributed by atoms with Crippen LogP contribution in [-0.2, 0) is 11.3 Å². The predicted molar refractivity (Wildman–Crippen MR) is 104 cm³/mol. The van der Waals surface area contributed by atoms with Crippen LogP contribution in [0.5, 0.6) is 0 Å². The Morgan fingerprint density at radius 3 is 2.65 bits per heavy atom. The van der Waals surface area contributed by atoms with Gasteiger partial charge in [-0.1, -0.05) is 12.1 Å². The molecule has 0 radical (unpaired) electrons. The molecule has 0 spiro atoms. The van der Waals surface area contributed by atoms with E-state index in [4.69, 9.17) is 4.74 Å². The first-order valence-corrected chi connectivity index (χ1v) is 7.44. The summed E-state index contributed by atoms with van der Waals surface area (Å²) < 4.78 is 7.12. The van der Waals surface area contributed by atoms with Crippen molar-refractivity contribution >= 4 is 29.9 Å². The van der Waals surface area contributed by atoms with E-state index in [9.17, 15) is 0 Å². The van der Waals surface area contributed by atoms with Gasteiger partial charge in [-0.2, -0.15) is 5.10 Å². The van der Waals surface area contributed by atoms with Gasteiger partial charge in [0.2, 0.25) is 0 Å². The molecule has 2 rings (SSSR count). The summed E-state index contributed by atoms with van der Waals surface area (Å²) in [7, 11) is 1.76. The Balaban J connectivity index is 0.00000264. The third-order valence-corrected chi connectivity index (χ3v) is 3.13. The molecule has 0 fully saturated rings. The molecule has 2 N–H and O–H groups in total. The van der Waals surface area contributed by atoms with Gasteiger partial charge in [-0.3, -0.25) is 4.99 Å². The molecule has 126 valence electrons. The molecule has 0 unspecified atom stereocenters. The molecule has 0 bridgehead atoms. The van der Waals surface area contributed by atoms with Gasteiger partial charge >= 0.3 is 0 Å². The van der Waals surface area contributed by atoms with E-state index in [1.54, 1.807) is 13.2 Å². The molecule has 0 aliphatic carbocycles. The average Bonchev–Trinajstić information content (AvgIpc) is 3.09. The van der Waals surface area contributed by atoms with Crippen LogP contribution in [0.2, 0.25) is 0 Å². The molecule has 1 aromatic heterocycles. The highest BCUT2D eigenvalue weighted by Gasteiger charge is 2.00. The van der Waals surface area contributed by atoms with Crippen LogP contribution in [0.4, 0.5) is 0 Å². The minimum absolute atomic E-state index is 0. The lowest BCUT2D eigenvalue weighted by atomic mass is 10.2. The largest absolute Gasteiger partial charge is 0.380 e. The van der Waals surface area contributed by atoms with Crippen LogP contribution in [0.1, 0.15) is 12.5 Å². The van der Waals surface area contributed by atoms with Gasteiger partial charge in [0, 0.05) is 39.1 Å². The summed E-state index contributed by atoms with van der Waals surface area (Å²) in [6.07, 6.45) is 3.70. The number of aliphatic imine (C=N–C) groups is 1. The Labute approximate surface area is 154 Å². The monoisotopic (exact) mass is 429 g/mol. The lowest BCUT2D eigenvalue weighted by Crippen LogP contribution is -2.38. The van der Waals surface area contributed by atoms with E-state index < -0.39 is 0 Å². The molecule has 7 heteroatoms. The zero-order chi connectivity index (χ0) is 15.6. The van der Waals surface area contributed by atoms with Gasteiger partial charge in [0.1, 0.15) is 0 Å². The molecule has 0 saturated heterocycles. The SMILES string of the molecule is CCOCCNC(=NC)NCc1ccc(-n2cccn2)cc1.I. The van der Waals surface area contributed by atoms with Crippen molar-refractivity contribution in [1.29, 1.82) is 0 Å². The summed E-state index contributed by atoms with van der Waals surface area (Å²) in [6, 6.07) is 10.2. The number of hydrogen-bond acceptors (Lipinski definition) is 3. The molecule has 0 aliphatic heterocycles. The molecule has 0 atom stereocenters. The van der Waals surface area contributed by atoms with E-state index in [1.807, 2.05) is 23.9 Å². The van der Waals surface area contributed by atoms with Gasteiger partial charge in [0.05, 0.1) is 12.3 Å². The Morgan fingerprint density at radius 1 is 1.26 bits per heavy atom. The number of rotatable bonds is 7. The standard InChI is InChI=1S/C16H23N5O.HI/c1-3-22-12-10-18-16(17-2)19-13-14-5-7-15(8-6-14)21-11-4-9-20-21;/h4-9,11H,3,10,12-13H2,1-2H3,(H2,17,18,19);1H. The highest BCUT2D eigenvalue weighted by atomic mass is 127. The van der Waals surface area contributed by atoms with E-state index in [0.717, 1.165) is 24.8 Å². The molecule has 0 amide bonds. The molecule has 0 aliphatic rings. The predicted octanol–water partition coefficient (Wildman–Crippen LogP) is 2.19. The average molecular weight is 429 g/mol. The highest BCUT2D eigenvalue weighted by molar-refractivity contribution is 14.0. The minimum atomic E-state index is 0. The van der Waals surface area contributed by atoms with E-state index >= 15 is 0 Å². The van der Waals surface area contributed by atoms with Crippen molar-refractivity contribution in [2.45, 2.75) is 13.5 Å². The molecular weight excluding hydrogens is 405 g/mol. The molecule has 6 nitrogen and oxygen atoms in total. The number of hydrogen-bond donors (Lipinski definition) is 2. The van der Waals surface area contributed by atoms with Crippen LogP contribution in [0.15, 0.2) is 47.7 Å². The van der Waals surface area contributed by atoms with Crippen molar-refractivity contribution in [3.05, 3.63) is 48.3 Å². The lowest BCUT2D eigenvalue weighted by Gasteiger charge is -2.12. The maximum atomic E-state index is 5.29. The number of nitrogens with one attached hydrogen (secondary N) is 2. The lowest BCUT2D eigenvalue weighted by molar-refractivity contribution is 0.152. The van der Waals surface area contributed by atoms with Crippen LogP contribution in [-0.4, -0.2) is 42.5 Å². The first-order valence-electron chi connectivity index (χ1n) is 7.44. The Hall–Kier alpha value is -1.61. The second kappa shape index (κ2) is 11.0. The van der Waals surface area contributed by atoms with Gasteiger partial charge in [-0.05, 0) is 30.7 Å². The number of nitrogens with zero attached hydrogens (tertiary/aromatic N) is 3. The number of ether oxygens (including phenoxy) is 1. The number of halogens is 1. The van der Waals surface area contributed by atoms with Crippen LogP contribution in [0, 0.1) is 0 Å². The molecule has 0 saturated carbocycles. The fourth-order valence-electron chi connectivity index (χ4n) is 1.98. The fraction of sp³-hybridized carbons (Fsp3) is 0.375. The quantitative estimate of drug-likeness (QED) is 0.307. The first kappa shape index (κ1) is 19.4. The maximum Gasteiger partial charge on any atom is 0.191 e. The second-order valence-corrected chi connectivity index (χ2v) is 4.67. The fourth-order valence-corrected chi connectivity index (χ4v) is 1.98. The maximum absolute atomic E-state index is 5.29. The summed E-state index contributed by atoms with van der Waals surface area (Å²) in [5.74, 6) is 0.774. The van der Waals surface area contributed by atoms with Crippen molar-refractivity contribution in [2.24, 2.45) is 4.99 Å². The van der Waals surface area contributed by atoms with E-state index in [-0.39, 0.29) is 24.0 Å². The van der Waals surface area contributed by atoms with Gasteiger partial charge in [-0.15, -0.1) is 24.0 Å². The number of benzene rings is 1. The topological polar surface area (TPSA) is 63.5 Å². The molecule has 2 aromatic rings. The van der Waals surface area contributed by atoms with Crippen LogP contribution < -0.4 is 10.6 Å². The Kier molecular flexibility index (Phi) is 9.30. The summed E-state index contributed by atoms with van der Waals surface area (Å²) >= 11 is 0. The Bertz CT molecular complexity index is 569. The minimum Gasteiger partial charge on any atom is -0.380 e. The van der Waals surface area contributed by atoms with Gasteiger partial charge in [0.25, 0.3) is 0 Å². The zero-order valence-electron chi connectivity index (χ0n) is 13.5. The van der Waals surface area contributed by atoms with Gasteiger partial charge in [-0.25, -0.2) is 4.68 Å². The van der Waals surface area contributed by atoms with Crippen molar-refractivity contribution in [1.82, 2.24) is 20.4 Å². The summed E-state index contributed by atoms with van der Waals surface area (Å²) in [5, 5.41) is 10.7. The number of aromatic nitrogens is 2. The third-order valence-electron chi connectivity index (χ3n) is 3.13. The zero-order valence-corrected chi connectivity index (χ0v) is 15.9. The van der Waals surface area contributed by atoms with Crippen molar-refractivity contribution in [3.8, 4) is 5.69 Å². The van der Waals surface area contributed by atoms with E-state index in [1.165, 1.54) is 5.56 Å². The van der Waals surface area contributed by atoms with Gasteiger partial charge in [0.15, 0.2) is 5.96 Å². The third kappa shape index (κ3) is 6.57. The summed E-state index contributed by atoms with van der Waals surface area (Å²) in [5.41, 5.74) is 2.23. The van der Waals surface area contributed by atoms with E-state index in [2.05, 4.69) is 45.0 Å². The Morgan fingerprint density at radius 2 is 2.04 bits per heavy atom. The van der Waals surface area contributed by atoms with Gasteiger partial charge < -0.3 is 15.4 Å². The molecule has 23 heavy (non-hydrogen) atoms. The summed E-state index contributed by atoms with van der Waals surface area (Å²) in [4.78, 5) is 4.18. The second-order valence-electron chi connectivity index (χ2n) is 4.67. The smallest absolute Gasteiger partial charge is 0.191 e. The highest BCUT2D eigenvalue weighted by Crippen LogP contribution is 2.08. The number of guanidine groups is 1. The summed E-state index contributed by atoms with van der Waals surface area (Å²) in [6.45, 7) is 4.85. The van der Waals surface area contributed by atoms with Crippen LogP contribution in [0.25, 0.3) is 5.69 Å². The van der Waals surface area contributed by atoms with Crippen LogP contribution >= 0.6 is 24.0 Å². The van der Waals surface area contributed by atoms with Crippen molar-refractivity contribution < 1.29 is 4.74 Å². The molecule has 1 heterocycles. The van der Waals surface area contributed by atoms with Crippen LogP contribution in [0.3, 0.4) is 0 Å². The van der Waals surface area contributed by atoms with Crippen molar-refractivity contribution in [2.75, 3.05) is 26.8 Å². The normalized spacial score (nSPS) is 11.0. The molecule has 1 aromatic carbocycles. The van der Waals surface area contributed by atoms with Crippen molar-refractivity contribution in [3.63, 3.8) is 0 Å². The first-order chi connectivity index (χ1) is 10.8.